The smallest absolute Gasteiger partial charge is 0.200 e. The van der Waals surface area contributed by atoms with Crippen LogP contribution in [0.1, 0.15) is 93.7 Å². The third-order valence-corrected chi connectivity index (χ3v) is 7.83. The average molecular weight is 505 g/mol. The molecule has 2 aliphatic carbocycles. The second-order valence-electron chi connectivity index (χ2n) is 10.1. The van der Waals surface area contributed by atoms with Crippen molar-refractivity contribution in [1.29, 1.82) is 0 Å². The van der Waals surface area contributed by atoms with E-state index in [2.05, 4.69) is 12.2 Å². The highest BCUT2D eigenvalue weighted by Gasteiger charge is 2.30. The Bertz CT molecular complexity index is 1050. The van der Waals surface area contributed by atoms with Crippen molar-refractivity contribution in [2.45, 2.75) is 89.8 Å². The highest BCUT2D eigenvalue weighted by molar-refractivity contribution is 5.32. The van der Waals surface area contributed by atoms with Gasteiger partial charge in [0.2, 0.25) is 5.82 Å². The number of hydrogen-bond donors (Lipinski definition) is 0. The molecule has 2 saturated carbocycles. The fourth-order valence-electron chi connectivity index (χ4n) is 5.80. The first-order valence-corrected chi connectivity index (χ1v) is 13.2. The van der Waals surface area contributed by atoms with Gasteiger partial charge >= 0.3 is 0 Å². The number of hydrogen-bond acceptors (Lipinski definition) is 2. The molecule has 0 bridgehead atoms. The third-order valence-electron chi connectivity index (χ3n) is 7.83. The van der Waals surface area contributed by atoms with Gasteiger partial charge in [-0.1, -0.05) is 24.3 Å². The Morgan fingerprint density at radius 2 is 1.33 bits per heavy atom. The lowest BCUT2D eigenvalue weighted by Crippen LogP contribution is -2.22. The van der Waals surface area contributed by atoms with E-state index in [0.717, 1.165) is 25.7 Å². The predicted octanol–water partition coefficient (Wildman–Crippen LogP) is 8.73. The first-order chi connectivity index (χ1) is 17.4. The molecule has 0 amide bonds. The molecule has 2 nitrogen and oxygen atoms in total. The lowest BCUT2D eigenvalue weighted by Gasteiger charge is -2.30. The van der Waals surface area contributed by atoms with Crippen molar-refractivity contribution in [3.63, 3.8) is 0 Å². The van der Waals surface area contributed by atoms with Crippen LogP contribution in [0.4, 0.5) is 17.6 Å². The second-order valence-corrected chi connectivity index (χ2v) is 10.1. The van der Waals surface area contributed by atoms with Crippen molar-refractivity contribution >= 4 is 0 Å². The molecular formula is C30H36F4O2. The van der Waals surface area contributed by atoms with Crippen LogP contribution in [-0.4, -0.2) is 12.7 Å². The molecule has 0 saturated heterocycles. The van der Waals surface area contributed by atoms with Crippen LogP contribution in [0.2, 0.25) is 0 Å². The fraction of sp³-hybridized carbons (Fsp3) is 0.533. The van der Waals surface area contributed by atoms with Gasteiger partial charge in [0, 0.05) is 5.56 Å². The molecule has 0 atom stereocenters. The van der Waals surface area contributed by atoms with E-state index in [1.54, 1.807) is 19.1 Å². The largest absolute Gasteiger partial charge is 0.491 e. The summed E-state index contributed by atoms with van der Waals surface area (Å²) >= 11 is 0. The van der Waals surface area contributed by atoms with Crippen molar-refractivity contribution in [3.05, 3.63) is 76.4 Å². The van der Waals surface area contributed by atoms with Crippen LogP contribution < -0.4 is 4.74 Å². The summed E-state index contributed by atoms with van der Waals surface area (Å²) < 4.78 is 69.6. The van der Waals surface area contributed by atoms with Crippen LogP contribution in [0.25, 0.3) is 0 Å². The number of benzene rings is 2. The molecule has 36 heavy (non-hydrogen) atoms. The first kappa shape index (κ1) is 26.7. The number of allylic oxidation sites excluding steroid dienone is 2. The van der Waals surface area contributed by atoms with Crippen LogP contribution >= 0.6 is 0 Å². The molecule has 196 valence electrons. The quantitative estimate of drug-likeness (QED) is 0.264. The second kappa shape index (κ2) is 12.3. The molecule has 2 aromatic rings. The topological polar surface area (TPSA) is 18.5 Å². The molecule has 0 radical (unpaired) electrons. The zero-order valence-electron chi connectivity index (χ0n) is 21.2. The lowest BCUT2D eigenvalue weighted by atomic mass is 9.77. The van der Waals surface area contributed by atoms with Gasteiger partial charge in [0.15, 0.2) is 23.2 Å². The Balaban J connectivity index is 1.32. The zero-order chi connectivity index (χ0) is 25.7. The predicted molar refractivity (Wildman–Crippen MR) is 133 cm³/mol. The van der Waals surface area contributed by atoms with Gasteiger partial charge in [-0.25, -0.2) is 13.2 Å². The molecule has 2 aliphatic rings. The molecular weight excluding hydrogens is 468 g/mol. The van der Waals surface area contributed by atoms with Crippen LogP contribution in [0.3, 0.4) is 0 Å². The summed E-state index contributed by atoms with van der Waals surface area (Å²) in [5, 5.41) is 0. The van der Waals surface area contributed by atoms with Gasteiger partial charge in [-0.05, 0) is 106 Å². The minimum Gasteiger partial charge on any atom is -0.491 e. The van der Waals surface area contributed by atoms with E-state index in [9.17, 15) is 8.78 Å². The molecule has 0 N–H and O–H groups in total. The average Bonchev–Trinajstić information content (AvgIpc) is 2.89. The van der Waals surface area contributed by atoms with E-state index in [1.807, 2.05) is 6.92 Å². The molecule has 2 fully saturated rings. The maximum Gasteiger partial charge on any atom is 0.200 e. The number of ether oxygens (including phenoxy) is 2. The molecule has 2 aromatic carbocycles. The van der Waals surface area contributed by atoms with E-state index >= 15 is 8.78 Å². The summed E-state index contributed by atoms with van der Waals surface area (Å²) in [5.41, 5.74) is 1.09. The number of halogens is 4. The SMILES string of the molecule is C/C=C/C1CCC(c2ccc(C3CCC(OCc4ccc(OCC)c(F)c4F)CC3)c(F)c2F)CC1. The summed E-state index contributed by atoms with van der Waals surface area (Å²) in [5.74, 6) is -2.92. The minimum absolute atomic E-state index is 0.0432. The van der Waals surface area contributed by atoms with Gasteiger partial charge in [0.1, 0.15) is 0 Å². The molecule has 6 heteroatoms. The Hall–Kier alpha value is -2.34. The van der Waals surface area contributed by atoms with E-state index in [1.165, 1.54) is 12.1 Å². The van der Waals surface area contributed by atoms with Crippen LogP contribution in [-0.2, 0) is 11.3 Å². The molecule has 0 unspecified atom stereocenters. The maximum atomic E-state index is 15.1. The Labute approximate surface area is 211 Å². The summed E-state index contributed by atoms with van der Waals surface area (Å²) in [6.07, 6.45) is 10.6. The Kier molecular flexibility index (Phi) is 9.10. The van der Waals surface area contributed by atoms with E-state index < -0.39 is 23.3 Å². The van der Waals surface area contributed by atoms with Gasteiger partial charge in [-0.2, -0.15) is 4.39 Å². The van der Waals surface area contributed by atoms with Gasteiger partial charge in [0.25, 0.3) is 0 Å². The van der Waals surface area contributed by atoms with Crippen LogP contribution in [0, 0.1) is 29.2 Å². The van der Waals surface area contributed by atoms with E-state index in [0.29, 0.717) is 42.7 Å². The van der Waals surface area contributed by atoms with Crippen molar-refractivity contribution in [2.24, 2.45) is 5.92 Å². The first-order valence-electron chi connectivity index (χ1n) is 13.2. The summed E-state index contributed by atoms with van der Waals surface area (Å²) in [7, 11) is 0. The van der Waals surface area contributed by atoms with Gasteiger partial charge in [-0.15, -0.1) is 0 Å². The molecule has 0 spiro atoms. The monoisotopic (exact) mass is 504 g/mol. The summed E-state index contributed by atoms with van der Waals surface area (Å²) in [6.45, 7) is 3.93. The van der Waals surface area contributed by atoms with E-state index in [4.69, 9.17) is 9.47 Å². The van der Waals surface area contributed by atoms with Crippen LogP contribution in [0.15, 0.2) is 36.4 Å². The highest BCUT2D eigenvalue weighted by atomic mass is 19.2. The summed E-state index contributed by atoms with van der Waals surface area (Å²) in [6, 6.07) is 6.45. The molecule has 4 rings (SSSR count). The summed E-state index contributed by atoms with van der Waals surface area (Å²) in [4.78, 5) is 0. The van der Waals surface area contributed by atoms with Crippen molar-refractivity contribution in [3.8, 4) is 5.75 Å². The third kappa shape index (κ3) is 5.96. The van der Waals surface area contributed by atoms with Gasteiger partial charge < -0.3 is 9.47 Å². The molecule has 0 aromatic heterocycles. The van der Waals surface area contributed by atoms with Crippen molar-refractivity contribution in [1.82, 2.24) is 0 Å². The fourth-order valence-corrected chi connectivity index (χ4v) is 5.80. The van der Waals surface area contributed by atoms with Gasteiger partial charge in [0.05, 0.1) is 19.3 Å². The Morgan fingerprint density at radius 1 is 0.750 bits per heavy atom. The zero-order valence-corrected chi connectivity index (χ0v) is 21.2. The standard InChI is InChI=1S/C30H36F4O2/c1-3-5-19-6-8-20(9-7-19)24-15-16-25(29(33)28(24)32)21-10-13-23(14-11-21)36-18-22-12-17-26(35-4-2)30(34)27(22)31/h3,5,12,15-17,19-21,23H,4,6-11,13-14,18H2,1-2H3/b5-3+. The molecule has 0 aliphatic heterocycles. The van der Waals surface area contributed by atoms with Crippen LogP contribution in [0.5, 0.6) is 5.75 Å². The van der Waals surface area contributed by atoms with Crippen molar-refractivity contribution < 1.29 is 27.0 Å². The maximum absolute atomic E-state index is 15.1. The Morgan fingerprint density at radius 3 is 1.89 bits per heavy atom. The molecule has 0 heterocycles. The minimum atomic E-state index is -1.01. The number of rotatable bonds is 8. The van der Waals surface area contributed by atoms with Crippen molar-refractivity contribution in [2.75, 3.05) is 6.61 Å². The normalized spacial score (nSPS) is 24.8. The highest BCUT2D eigenvalue weighted by Crippen LogP contribution is 2.41. The van der Waals surface area contributed by atoms with Gasteiger partial charge in [-0.3, -0.25) is 0 Å². The van der Waals surface area contributed by atoms with E-state index in [-0.39, 0.29) is 42.5 Å². The lowest BCUT2D eigenvalue weighted by molar-refractivity contribution is 0.0116.